The predicted molar refractivity (Wildman–Crippen MR) is 109 cm³/mol. The zero-order valence-electron chi connectivity index (χ0n) is 17.3. The molecule has 31 heavy (non-hydrogen) atoms. The van der Waals surface area contributed by atoms with Gasteiger partial charge in [0.15, 0.2) is 5.60 Å². The molecule has 0 bridgehead atoms. The van der Waals surface area contributed by atoms with E-state index in [0.717, 1.165) is 11.6 Å². The number of halogens is 2. The van der Waals surface area contributed by atoms with E-state index in [4.69, 9.17) is 4.74 Å². The summed E-state index contributed by atoms with van der Waals surface area (Å²) in [6, 6.07) is 10.5. The number of likely N-dealkylation sites (tertiary alicyclic amines) is 1. The largest absolute Gasteiger partial charge is 0.342 e. The van der Waals surface area contributed by atoms with Crippen molar-refractivity contribution in [1.29, 1.82) is 0 Å². The molecule has 3 saturated heterocycles. The lowest BCUT2D eigenvalue weighted by Gasteiger charge is -2.37. The van der Waals surface area contributed by atoms with Gasteiger partial charge in [0, 0.05) is 37.6 Å². The van der Waals surface area contributed by atoms with Crippen LogP contribution in [0.15, 0.2) is 42.5 Å². The Morgan fingerprint density at radius 2 is 1.74 bits per heavy atom. The SMILES string of the molecule is Cc1ccccc1C(=O)N1CCC2(CC1)O[C@@H]1CC[C@@H](c3cc(F)cc(F)c3)N1C2=O. The van der Waals surface area contributed by atoms with Crippen LogP contribution in [0.1, 0.15) is 53.2 Å². The minimum absolute atomic E-state index is 0.0352. The summed E-state index contributed by atoms with van der Waals surface area (Å²) in [5.74, 6) is -1.47. The molecule has 2 amide bonds. The first-order chi connectivity index (χ1) is 14.9. The molecule has 2 aromatic carbocycles. The molecular formula is C24H24F2N2O3. The number of piperidine rings is 1. The van der Waals surface area contributed by atoms with Crippen molar-refractivity contribution in [2.75, 3.05) is 13.1 Å². The summed E-state index contributed by atoms with van der Waals surface area (Å²) >= 11 is 0. The summed E-state index contributed by atoms with van der Waals surface area (Å²) in [7, 11) is 0. The minimum atomic E-state index is -0.961. The third-order valence-corrected chi connectivity index (χ3v) is 6.82. The number of carbonyl (C=O) groups excluding carboxylic acids is 2. The van der Waals surface area contributed by atoms with Crippen LogP contribution in [0.3, 0.4) is 0 Å². The highest BCUT2D eigenvalue weighted by Gasteiger charge is 2.58. The number of benzene rings is 2. The van der Waals surface area contributed by atoms with E-state index in [1.165, 1.54) is 12.1 Å². The second kappa shape index (κ2) is 7.41. The smallest absolute Gasteiger partial charge is 0.257 e. The number of aryl methyl sites for hydroxylation is 1. The standard InChI is InChI=1S/C24H24F2N2O3/c1-15-4-2-3-5-19(15)22(29)27-10-8-24(9-11-27)23(30)28-20(6-7-21(28)31-24)16-12-17(25)14-18(26)13-16/h2-5,12-14,20-21H,6-11H2,1H3/t20-,21+/m0/s1. The Morgan fingerprint density at radius 1 is 1.06 bits per heavy atom. The number of fused-ring (bicyclic) bond motifs is 1. The fraction of sp³-hybridized carbons (Fsp3) is 0.417. The van der Waals surface area contributed by atoms with E-state index < -0.39 is 23.3 Å². The van der Waals surface area contributed by atoms with Crippen molar-refractivity contribution in [3.05, 3.63) is 70.8 Å². The molecule has 0 aliphatic carbocycles. The summed E-state index contributed by atoms with van der Waals surface area (Å²) < 4.78 is 33.7. The van der Waals surface area contributed by atoms with Gasteiger partial charge in [0.05, 0.1) is 6.04 Å². The van der Waals surface area contributed by atoms with Crippen LogP contribution in [0.4, 0.5) is 8.78 Å². The maximum Gasteiger partial charge on any atom is 0.257 e. The first-order valence-electron chi connectivity index (χ1n) is 10.7. The van der Waals surface area contributed by atoms with Gasteiger partial charge in [0.25, 0.3) is 11.8 Å². The Balaban J connectivity index is 1.32. The highest BCUT2D eigenvalue weighted by Crippen LogP contribution is 2.47. The third kappa shape index (κ3) is 3.31. The number of nitrogens with zero attached hydrogens (tertiary/aromatic N) is 2. The number of rotatable bonds is 2. The van der Waals surface area contributed by atoms with Crippen molar-refractivity contribution < 1.29 is 23.1 Å². The molecule has 0 unspecified atom stereocenters. The van der Waals surface area contributed by atoms with Crippen molar-refractivity contribution in [2.24, 2.45) is 0 Å². The Hall–Kier alpha value is -2.80. The fourth-order valence-corrected chi connectivity index (χ4v) is 5.19. The lowest BCUT2D eigenvalue weighted by molar-refractivity contribution is -0.142. The van der Waals surface area contributed by atoms with Crippen LogP contribution in [-0.2, 0) is 9.53 Å². The number of amides is 2. The third-order valence-electron chi connectivity index (χ3n) is 6.82. The zero-order valence-corrected chi connectivity index (χ0v) is 17.3. The van der Waals surface area contributed by atoms with Crippen LogP contribution in [0.25, 0.3) is 0 Å². The van der Waals surface area contributed by atoms with Crippen LogP contribution in [-0.4, -0.2) is 46.5 Å². The molecule has 1 spiro atoms. The molecule has 3 aliphatic rings. The van der Waals surface area contributed by atoms with Gasteiger partial charge in [0.2, 0.25) is 0 Å². The van der Waals surface area contributed by atoms with E-state index in [0.29, 0.717) is 49.9 Å². The summed E-state index contributed by atoms with van der Waals surface area (Å²) in [5, 5.41) is 0. The number of carbonyl (C=O) groups is 2. The average molecular weight is 426 g/mol. The normalized spacial score (nSPS) is 24.7. The highest BCUT2D eigenvalue weighted by atomic mass is 19.1. The predicted octanol–water partition coefficient (Wildman–Crippen LogP) is 3.97. The van der Waals surface area contributed by atoms with Gasteiger partial charge in [-0.05, 0) is 49.1 Å². The molecule has 5 rings (SSSR count). The molecule has 5 nitrogen and oxygen atoms in total. The molecule has 3 heterocycles. The quantitative estimate of drug-likeness (QED) is 0.730. The van der Waals surface area contributed by atoms with E-state index in [9.17, 15) is 18.4 Å². The summed E-state index contributed by atoms with van der Waals surface area (Å²) in [6.07, 6.45) is 1.68. The van der Waals surface area contributed by atoms with Gasteiger partial charge in [-0.2, -0.15) is 0 Å². The molecule has 162 valence electrons. The fourth-order valence-electron chi connectivity index (χ4n) is 5.19. The summed E-state index contributed by atoms with van der Waals surface area (Å²) in [4.78, 5) is 29.8. The zero-order chi connectivity index (χ0) is 21.8. The maximum atomic E-state index is 13.7. The molecule has 0 saturated carbocycles. The first kappa shape index (κ1) is 20.1. The molecule has 0 N–H and O–H groups in total. The Labute approximate surface area is 179 Å². The van der Waals surface area contributed by atoms with Gasteiger partial charge >= 0.3 is 0 Å². The Kier molecular flexibility index (Phi) is 4.81. The number of hydrogen-bond acceptors (Lipinski definition) is 3. The second-order valence-corrected chi connectivity index (χ2v) is 8.68. The van der Waals surface area contributed by atoms with Crippen LogP contribution in [0.2, 0.25) is 0 Å². The molecule has 0 radical (unpaired) electrons. The van der Waals surface area contributed by atoms with Crippen molar-refractivity contribution in [1.82, 2.24) is 9.80 Å². The molecule has 3 fully saturated rings. The lowest BCUT2D eigenvalue weighted by Crippen LogP contribution is -2.51. The molecule has 2 aromatic rings. The van der Waals surface area contributed by atoms with Crippen molar-refractivity contribution in [3.63, 3.8) is 0 Å². The van der Waals surface area contributed by atoms with E-state index in [1.54, 1.807) is 9.80 Å². The van der Waals surface area contributed by atoms with Crippen LogP contribution < -0.4 is 0 Å². The molecule has 3 aliphatic heterocycles. The Morgan fingerprint density at radius 3 is 2.42 bits per heavy atom. The molecule has 7 heteroatoms. The second-order valence-electron chi connectivity index (χ2n) is 8.68. The Bertz CT molecular complexity index is 1030. The molecule has 2 atom stereocenters. The van der Waals surface area contributed by atoms with E-state index in [-0.39, 0.29) is 18.0 Å². The van der Waals surface area contributed by atoms with Gasteiger partial charge < -0.3 is 14.5 Å². The number of hydrogen-bond donors (Lipinski definition) is 0. The monoisotopic (exact) mass is 426 g/mol. The van der Waals surface area contributed by atoms with E-state index in [1.807, 2.05) is 31.2 Å². The lowest BCUT2D eigenvalue weighted by atomic mass is 9.89. The van der Waals surface area contributed by atoms with Crippen LogP contribution in [0.5, 0.6) is 0 Å². The van der Waals surface area contributed by atoms with Gasteiger partial charge in [-0.25, -0.2) is 8.78 Å². The number of ether oxygens (including phenoxy) is 1. The van der Waals surface area contributed by atoms with Gasteiger partial charge in [-0.3, -0.25) is 9.59 Å². The summed E-state index contributed by atoms with van der Waals surface area (Å²) in [5.41, 5.74) is 1.09. The van der Waals surface area contributed by atoms with Gasteiger partial charge in [-0.1, -0.05) is 18.2 Å². The van der Waals surface area contributed by atoms with E-state index >= 15 is 0 Å². The first-order valence-corrected chi connectivity index (χ1v) is 10.7. The molecular weight excluding hydrogens is 402 g/mol. The van der Waals surface area contributed by atoms with Crippen LogP contribution >= 0.6 is 0 Å². The van der Waals surface area contributed by atoms with Crippen LogP contribution in [0, 0.1) is 18.6 Å². The van der Waals surface area contributed by atoms with Crippen molar-refractivity contribution in [3.8, 4) is 0 Å². The topological polar surface area (TPSA) is 49.9 Å². The van der Waals surface area contributed by atoms with Crippen molar-refractivity contribution in [2.45, 2.75) is 50.5 Å². The van der Waals surface area contributed by atoms with Gasteiger partial charge in [-0.15, -0.1) is 0 Å². The van der Waals surface area contributed by atoms with Gasteiger partial charge in [0.1, 0.15) is 17.9 Å². The average Bonchev–Trinajstić information content (AvgIpc) is 3.26. The summed E-state index contributed by atoms with van der Waals surface area (Å²) in [6.45, 7) is 2.77. The molecule has 0 aromatic heterocycles. The highest BCUT2D eigenvalue weighted by molar-refractivity contribution is 5.96. The van der Waals surface area contributed by atoms with E-state index in [2.05, 4.69) is 0 Å². The minimum Gasteiger partial charge on any atom is -0.342 e. The maximum absolute atomic E-state index is 13.7. The van der Waals surface area contributed by atoms with Crippen molar-refractivity contribution >= 4 is 11.8 Å².